The molecule has 2 aromatic carbocycles. The summed E-state index contributed by atoms with van der Waals surface area (Å²) in [6.45, 7) is 4.36. The predicted octanol–water partition coefficient (Wildman–Crippen LogP) is 6.54. The zero-order valence-electron chi connectivity index (χ0n) is 23.0. The van der Waals surface area contributed by atoms with Crippen LogP contribution in [-0.4, -0.2) is 32.3 Å². The maximum absolute atomic E-state index is 13.1. The van der Waals surface area contributed by atoms with Crippen LogP contribution >= 0.6 is 0 Å². The van der Waals surface area contributed by atoms with E-state index in [0.717, 1.165) is 77.5 Å². The molecule has 0 saturated carbocycles. The number of imidazole rings is 1. The molecule has 0 aliphatic carbocycles. The number of aryl methyl sites for hydroxylation is 1. The first-order valence-corrected chi connectivity index (χ1v) is 13.8. The highest BCUT2D eigenvalue weighted by molar-refractivity contribution is 5.74. The Kier molecular flexibility index (Phi) is 7.59. The molecule has 0 radical (unpaired) electrons. The third-order valence-corrected chi connectivity index (χ3v) is 7.41. The molecule has 4 heterocycles. The normalized spacial score (nSPS) is 14.0. The van der Waals surface area contributed by atoms with Crippen molar-refractivity contribution in [1.82, 2.24) is 24.5 Å². The van der Waals surface area contributed by atoms with Crippen molar-refractivity contribution in [3.05, 3.63) is 107 Å². The second-order valence-electron chi connectivity index (χ2n) is 10.4. The molecule has 1 aliphatic rings. The third-order valence-electron chi connectivity index (χ3n) is 7.41. The number of fused-ring (bicyclic) bond motifs is 1. The number of nitrogens with zero attached hydrogens (tertiary/aromatic N) is 4. The molecule has 0 amide bonds. The van der Waals surface area contributed by atoms with Crippen molar-refractivity contribution in [2.45, 2.75) is 38.5 Å². The van der Waals surface area contributed by atoms with Gasteiger partial charge in [0.15, 0.2) is 5.65 Å². The van der Waals surface area contributed by atoms with Gasteiger partial charge in [0.1, 0.15) is 5.69 Å². The van der Waals surface area contributed by atoms with Gasteiger partial charge in [0.05, 0.1) is 35.4 Å². The monoisotopic (exact) mass is 569 g/mol. The molecule has 3 N–H and O–H groups in total. The number of aromatic nitrogens is 4. The van der Waals surface area contributed by atoms with E-state index in [1.165, 1.54) is 6.07 Å². The molecule has 10 heteroatoms. The Morgan fingerprint density at radius 2 is 1.86 bits per heavy atom. The van der Waals surface area contributed by atoms with Crippen LogP contribution in [0.25, 0.3) is 5.65 Å². The number of pyridine rings is 1. The van der Waals surface area contributed by atoms with Crippen molar-refractivity contribution in [3.63, 3.8) is 0 Å². The van der Waals surface area contributed by atoms with Gasteiger partial charge in [-0.05, 0) is 86.3 Å². The van der Waals surface area contributed by atoms with E-state index in [0.29, 0.717) is 18.3 Å². The van der Waals surface area contributed by atoms with Crippen LogP contribution in [0.4, 0.5) is 30.2 Å². The number of alkyl halides is 3. The fraction of sp³-hybridized carbons (Fsp3) is 0.250. The van der Waals surface area contributed by atoms with Crippen LogP contribution in [0.2, 0.25) is 0 Å². The van der Waals surface area contributed by atoms with Crippen LogP contribution in [0.1, 0.15) is 46.8 Å². The van der Waals surface area contributed by atoms with E-state index < -0.39 is 11.7 Å². The maximum Gasteiger partial charge on any atom is 0.416 e. The lowest BCUT2D eigenvalue weighted by molar-refractivity contribution is -0.137. The zero-order valence-corrected chi connectivity index (χ0v) is 23.0. The van der Waals surface area contributed by atoms with Crippen molar-refractivity contribution < 1.29 is 13.2 Å². The Morgan fingerprint density at radius 3 is 2.69 bits per heavy atom. The Labute approximate surface area is 241 Å². The van der Waals surface area contributed by atoms with E-state index in [2.05, 4.69) is 37.9 Å². The van der Waals surface area contributed by atoms with Crippen molar-refractivity contribution in [2.24, 2.45) is 0 Å². The van der Waals surface area contributed by atoms with E-state index in [-0.39, 0.29) is 0 Å². The topological polar surface area (TPSA) is 71.2 Å². The molecule has 0 atom stereocenters. The standard InChI is InChI=1S/C32H30F3N7/c1-22-7-8-23(18-37-26-5-2-4-25(17-26)32(33,34)35)16-24(22)9-10-29-20-38-31-30(6-3-15-41(29)31)40-27-19-39-42(21-27)28-11-13-36-14-12-28/h2-8,15-17,19-21,28,36-37,40H,11-14,18H2,1H3. The smallest absolute Gasteiger partial charge is 0.381 e. The molecule has 1 saturated heterocycles. The van der Waals surface area contributed by atoms with E-state index in [1.807, 2.05) is 64.9 Å². The van der Waals surface area contributed by atoms with Gasteiger partial charge in [0, 0.05) is 30.2 Å². The van der Waals surface area contributed by atoms with Crippen molar-refractivity contribution in [3.8, 4) is 11.8 Å². The molecule has 6 rings (SSSR count). The fourth-order valence-corrected chi connectivity index (χ4v) is 5.08. The lowest BCUT2D eigenvalue weighted by Gasteiger charge is -2.22. The summed E-state index contributed by atoms with van der Waals surface area (Å²) in [5, 5.41) is 14.5. The number of halogens is 3. The van der Waals surface area contributed by atoms with Gasteiger partial charge in [0.2, 0.25) is 0 Å². The van der Waals surface area contributed by atoms with Crippen LogP contribution in [0, 0.1) is 18.8 Å². The molecule has 0 bridgehead atoms. The number of benzene rings is 2. The Bertz CT molecular complexity index is 1770. The molecular weight excluding hydrogens is 539 g/mol. The number of rotatable bonds is 6. The summed E-state index contributed by atoms with van der Waals surface area (Å²) >= 11 is 0. The van der Waals surface area contributed by atoms with Gasteiger partial charge in [-0.25, -0.2) is 4.98 Å². The lowest BCUT2D eigenvalue weighted by atomic mass is 10.0. The molecule has 3 aromatic heterocycles. The molecule has 1 fully saturated rings. The van der Waals surface area contributed by atoms with Crippen LogP contribution in [0.15, 0.2) is 79.4 Å². The van der Waals surface area contributed by atoms with Gasteiger partial charge in [-0.15, -0.1) is 0 Å². The lowest BCUT2D eigenvalue weighted by Crippen LogP contribution is -2.29. The van der Waals surface area contributed by atoms with Gasteiger partial charge in [-0.1, -0.05) is 24.1 Å². The highest BCUT2D eigenvalue weighted by Gasteiger charge is 2.30. The molecule has 0 spiro atoms. The zero-order chi connectivity index (χ0) is 29.1. The summed E-state index contributed by atoms with van der Waals surface area (Å²) in [5.74, 6) is 6.50. The molecule has 1 aliphatic heterocycles. The Balaban J connectivity index is 1.18. The van der Waals surface area contributed by atoms with Gasteiger partial charge >= 0.3 is 6.18 Å². The number of nitrogens with one attached hydrogen (secondary N) is 3. The minimum atomic E-state index is -4.38. The molecule has 42 heavy (non-hydrogen) atoms. The minimum absolute atomic E-state index is 0.370. The second kappa shape index (κ2) is 11.6. The summed E-state index contributed by atoms with van der Waals surface area (Å²) < 4.78 is 43.1. The maximum atomic E-state index is 13.1. The summed E-state index contributed by atoms with van der Waals surface area (Å²) in [7, 11) is 0. The number of anilines is 3. The summed E-state index contributed by atoms with van der Waals surface area (Å²) in [6.07, 6.45) is 5.31. The van der Waals surface area contributed by atoms with E-state index in [9.17, 15) is 13.2 Å². The predicted molar refractivity (Wildman–Crippen MR) is 158 cm³/mol. The van der Waals surface area contributed by atoms with Gasteiger partial charge in [-0.2, -0.15) is 18.3 Å². The van der Waals surface area contributed by atoms with Crippen molar-refractivity contribution >= 4 is 22.7 Å². The third kappa shape index (κ3) is 6.11. The molecule has 5 aromatic rings. The Morgan fingerprint density at radius 1 is 1.00 bits per heavy atom. The SMILES string of the molecule is Cc1ccc(CNc2cccc(C(F)(F)F)c2)cc1C#Cc1cnc2c(Nc3cnn(C4CCNCC4)c3)cccn12. The molecular formula is C32H30F3N7. The van der Waals surface area contributed by atoms with Crippen molar-refractivity contribution in [2.75, 3.05) is 23.7 Å². The van der Waals surface area contributed by atoms with Gasteiger partial charge in [-0.3, -0.25) is 9.08 Å². The fourth-order valence-electron chi connectivity index (χ4n) is 5.08. The van der Waals surface area contributed by atoms with Crippen LogP contribution in [-0.2, 0) is 12.7 Å². The highest BCUT2D eigenvalue weighted by Crippen LogP contribution is 2.31. The first kappa shape index (κ1) is 27.4. The largest absolute Gasteiger partial charge is 0.416 e. The first-order valence-electron chi connectivity index (χ1n) is 13.8. The number of hydrogen-bond acceptors (Lipinski definition) is 5. The molecule has 7 nitrogen and oxygen atoms in total. The van der Waals surface area contributed by atoms with E-state index in [4.69, 9.17) is 0 Å². The van der Waals surface area contributed by atoms with Crippen molar-refractivity contribution in [1.29, 1.82) is 0 Å². The van der Waals surface area contributed by atoms with E-state index in [1.54, 1.807) is 12.3 Å². The molecule has 0 unspecified atom stereocenters. The average Bonchev–Trinajstić information content (AvgIpc) is 3.64. The number of piperidine rings is 1. The van der Waals surface area contributed by atoms with Crippen LogP contribution in [0.3, 0.4) is 0 Å². The summed E-state index contributed by atoms with van der Waals surface area (Å²) in [6, 6.07) is 15.4. The first-order chi connectivity index (χ1) is 20.3. The summed E-state index contributed by atoms with van der Waals surface area (Å²) in [5.41, 5.74) is 5.75. The van der Waals surface area contributed by atoms with Crippen LogP contribution < -0.4 is 16.0 Å². The van der Waals surface area contributed by atoms with E-state index >= 15 is 0 Å². The number of hydrogen-bond donors (Lipinski definition) is 3. The summed E-state index contributed by atoms with van der Waals surface area (Å²) in [4.78, 5) is 4.62. The highest BCUT2D eigenvalue weighted by atomic mass is 19.4. The second-order valence-corrected chi connectivity index (χ2v) is 10.4. The Hall–Kier alpha value is -4.75. The van der Waals surface area contributed by atoms with Gasteiger partial charge < -0.3 is 16.0 Å². The minimum Gasteiger partial charge on any atom is -0.381 e. The molecule has 214 valence electrons. The van der Waals surface area contributed by atoms with Crippen LogP contribution in [0.5, 0.6) is 0 Å². The quantitative estimate of drug-likeness (QED) is 0.203. The average molecular weight is 570 g/mol. The van der Waals surface area contributed by atoms with Gasteiger partial charge in [0.25, 0.3) is 0 Å².